The van der Waals surface area contributed by atoms with Crippen molar-refractivity contribution in [2.24, 2.45) is 5.41 Å². The van der Waals surface area contributed by atoms with E-state index in [0.717, 1.165) is 31.9 Å². The molecular weight excluding hydrogens is 264 g/mol. The topological polar surface area (TPSA) is 44.7 Å². The molecule has 0 amide bonds. The predicted octanol–water partition coefficient (Wildman–Crippen LogP) is 2.05. The highest BCUT2D eigenvalue weighted by atomic mass is 16.5. The lowest BCUT2D eigenvalue weighted by molar-refractivity contribution is 0.0304. The van der Waals surface area contributed by atoms with Gasteiger partial charge in [-0.25, -0.2) is 0 Å². The highest BCUT2D eigenvalue weighted by Gasteiger charge is 2.35. The van der Waals surface area contributed by atoms with Crippen LogP contribution in [0.15, 0.2) is 24.3 Å². The van der Waals surface area contributed by atoms with Crippen LogP contribution in [0.3, 0.4) is 0 Å². The van der Waals surface area contributed by atoms with Crippen molar-refractivity contribution in [2.45, 2.75) is 26.8 Å². The molecule has 4 heteroatoms. The maximum atomic E-state index is 9.86. The van der Waals surface area contributed by atoms with Crippen LogP contribution in [-0.2, 0) is 0 Å². The molecule has 1 heterocycles. The number of hydrogen-bond acceptors (Lipinski definition) is 4. The van der Waals surface area contributed by atoms with Crippen molar-refractivity contribution >= 4 is 0 Å². The average molecular weight is 292 g/mol. The number of benzene rings is 1. The molecule has 1 aliphatic heterocycles. The molecule has 1 aromatic rings. The van der Waals surface area contributed by atoms with Gasteiger partial charge in [0.1, 0.15) is 5.75 Å². The Bertz CT molecular complexity index is 442. The van der Waals surface area contributed by atoms with Crippen molar-refractivity contribution in [3.63, 3.8) is 0 Å². The lowest BCUT2D eigenvalue weighted by atomic mass is 9.79. The molecule has 0 saturated carbocycles. The standard InChI is InChI=1S/C17H28N2O2/c1-4-21-15-7-5-6-14(12-15)16(17(2,3)13-20)19-10-8-18-9-11-19/h5-7,12,16,18,20H,4,8-11,13H2,1-3H3/t16-/m1/s1. The van der Waals surface area contributed by atoms with Crippen LogP contribution in [0.5, 0.6) is 5.75 Å². The van der Waals surface area contributed by atoms with Crippen LogP contribution in [0.2, 0.25) is 0 Å². The molecule has 0 unspecified atom stereocenters. The van der Waals surface area contributed by atoms with Gasteiger partial charge in [-0.2, -0.15) is 0 Å². The van der Waals surface area contributed by atoms with E-state index in [2.05, 4.69) is 36.2 Å². The maximum absolute atomic E-state index is 9.86. The monoisotopic (exact) mass is 292 g/mol. The van der Waals surface area contributed by atoms with Crippen LogP contribution in [-0.4, -0.2) is 49.4 Å². The number of nitrogens with one attached hydrogen (secondary N) is 1. The Morgan fingerprint density at radius 3 is 2.67 bits per heavy atom. The van der Waals surface area contributed by atoms with Gasteiger partial charge in [0.2, 0.25) is 0 Å². The van der Waals surface area contributed by atoms with Gasteiger partial charge in [0.15, 0.2) is 0 Å². The van der Waals surface area contributed by atoms with E-state index in [-0.39, 0.29) is 18.1 Å². The zero-order chi connectivity index (χ0) is 15.3. The van der Waals surface area contributed by atoms with E-state index in [4.69, 9.17) is 4.74 Å². The molecule has 1 fully saturated rings. The van der Waals surface area contributed by atoms with Gasteiger partial charge < -0.3 is 15.2 Å². The lowest BCUT2D eigenvalue weighted by Crippen LogP contribution is -2.49. The lowest BCUT2D eigenvalue weighted by Gasteiger charge is -2.43. The molecule has 0 bridgehead atoms. The van der Waals surface area contributed by atoms with E-state index >= 15 is 0 Å². The molecule has 1 saturated heterocycles. The van der Waals surface area contributed by atoms with Crippen LogP contribution in [0.25, 0.3) is 0 Å². The molecule has 21 heavy (non-hydrogen) atoms. The van der Waals surface area contributed by atoms with Crippen LogP contribution in [0.4, 0.5) is 0 Å². The summed E-state index contributed by atoms with van der Waals surface area (Å²) in [6.45, 7) is 11.1. The largest absolute Gasteiger partial charge is 0.494 e. The Morgan fingerprint density at radius 2 is 2.05 bits per heavy atom. The third-order valence-electron chi connectivity index (χ3n) is 4.15. The third kappa shape index (κ3) is 3.96. The molecule has 4 nitrogen and oxygen atoms in total. The van der Waals surface area contributed by atoms with Gasteiger partial charge in [-0.15, -0.1) is 0 Å². The predicted molar refractivity (Wildman–Crippen MR) is 85.7 cm³/mol. The van der Waals surface area contributed by atoms with Gasteiger partial charge in [-0.05, 0) is 24.6 Å². The summed E-state index contributed by atoms with van der Waals surface area (Å²) in [5.74, 6) is 0.906. The minimum absolute atomic E-state index is 0.167. The highest BCUT2D eigenvalue weighted by molar-refractivity contribution is 5.32. The molecule has 118 valence electrons. The number of hydrogen-bond donors (Lipinski definition) is 2. The second kappa shape index (κ2) is 7.25. The van der Waals surface area contributed by atoms with E-state index in [1.165, 1.54) is 5.56 Å². The van der Waals surface area contributed by atoms with E-state index in [1.807, 2.05) is 19.1 Å². The van der Waals surface area contributed by atoms with Gasteiger partial charge in [0, 0.05) is 44.2 Å². The first-order valence-electron chi connectivity index (χ1n) is 7.87. The summed E-state index contributed by atoms with van der Waals surface area (Å²) in [6, 6.07) is 8.50. The Morgan fingerprint density at radius 1 is 1.33 bits per heavy atom. The normalized spacial score (nSPS) is 18.5. The second-order valence-electron chi connectivity index (χ2n) is 6.34. The fraction of sp³-hybridized carbons (Fsp3) is 0.647. The van der Waals surface area contributed by atoms with Crippen molar-refractivity contribution in [1.29, 1.82) is 0 Å². The number of aliphatic hydroxyl groups is 1. The molecule has 2 N–H and O–H groups in total. The summed E-state index contributed by atoms with van der Waals surface area (Å²) in [5.41, 5.74) is 1.03. The molecule has 1 atom stereocenters. The summed E-state index contributed by atoms with van der Waals surface area (Å²) >= 11 is 0. The molecule has 1 aromatic carbocycles. The minimum atomic E-state index is -0.192. The van der Waals surface area contributed by atoms with Gasteiger partial charge in [-0.3, -0.25) is 4.90 Å². The van der Waals surface area contributed by atoms with Crippen LogP contribution < -0.4 is 10.1 Å². The molecule has 2 rings (SSSR count). The zero-order valence-electron chi connectivity index (χ0n) is 13.4. The van der Waals surface area contributed by atoms with Gasteiger partial charge >= 0.3 is 0 Å². The van der Waals surface area contributed by atoms with Crippen molar-refractivity contribution in [3.8, 4) is 5.75 Å². The van der Waals surface area contributed by atoms with E-state index in [0.29, 0.717) is 6.61 Å². The van der Waals surface area contributed by atoms with Gasteiger partial charge in [-0.1, -0.05) is 26.0 Å². The van der Waals surface area contributed by atoms with Crippen LogP contribution >= 0.6 is 0 Å². The second-order valence-corrected chi connectivity index (χ2v) is 6.34. The average Bonchev–Trinajstić information content (AvgIpc) is 2.49. The molecule has 1 aliphatic rings. The first-order valence-corrected chi connectivity index (χ1v) is 7.87. The summed E-state index contributed by atoms with van der Waals surface area (Å²) < 4.78 is 5.64. The molecule has 0 radical (unpaired) electrons. The Kier molecular flexibility index (Phi) is 5.62. The quantitative estimate of drug-likeness (QED) is 0.842. The van der Waals surface area contributed by atoms with Gasteiger partial charge in [0.05, 0.1) is 6.61 Å². The van der Waals surface area contributed by atoms with Crippen LogP contribution in [0.1, 0.15) is 32.4 Å². The fourth-order valence-corrected chi connectivity index (χ4v) is 3.12. The minimum Gasteiger partial charge on any atom is -0.494 e. The number of aliphatic hydroxyl groups excluding tert-OH is 1. The van der Waals surface area contributed by atoms with Crippen molar-refractivity contribution in [1.82, 2.24) is 10.2 Å². The fourth-order valence-electron chi connectivity index (χ4n) is 3.12. The molecular formula is C17H28N2O2. The SMILES string of the molecule is CCOc1cccc([C@@H](N2CCNCC2)C(C)(C)CO)c1. The summed E-state index contributed by atoms with van der Waals surface area (Å²) in [7, 11) is 0. The molecule has 0 spiro atoms. The van der Waals surface area contributed by atoms with E-state index < -0.39 is 0 Å². The maximum Gasteiger partial charge on any atom is 0.119 e. The van der Waals surface area contributed by atoms with Crippen molar-refractivity contribution in [3.05, 3.63) is 29.8 Å². The van der Waals surface area contributed by atoms with Crippen molar-refractivity contribution in [2.75, 3.05) is 39.4 Å². The number of rotatable bonds is 6. The summed E-state index contributed by atoms with van der Waals surface area (Å²) in [4.78, 5) is 2.47. The van der Waals surface area contributed by atoms with Crippen LogP contribution in [0, 0.1) is 5.41 Å². The Balaban J connectivity index is 2.31. The molecule has 0 aliphatic carbocycles. The van der Waals surface area contributed by atoms with Crippen molar-refractivity contribution < 1.29 is 9.84 Å². The molecule has 0 aromatic heterocycles. The first kappa shape index (κ1) is 16.3. The highest BCUT2D eigenvalue weighted by Crippen LogP contribution is 2.39. The summed E-state index contributed by atoms with van der Waals surface area (Å²) in [5, 5.41) is 13.2. The summed E-state index contributed by atoms with van der Waals surface area (Å²) in [6.07, 6.45) is 0. The number of nitrogens with zero attached hydrogens (tertiary/aromatic N) is 1. The Labute approximate surface area is 128 Å². The first-order chi connectivity index (χ1) is 10.1. The zero-order valence-corrected chi connectivity index (χ0v) is 13.4. The van der Waals surface area contributed by atoms with E-state index in [1.54, 1.807) is 0 Å². The number of ether oxygens (including phenoxy) is 1. The van der Waals surface area contributed by atoms with Gasteiger partial charge in [0.25, 0.3) is 0 Å². The Hall–Kier alpha value is -1.10. The number of piperazine rings is 1. The van der Waals surface area contributed by atoms with E-state index in [9.17, 15) is 5.11 Å². The third-order valence-corrected chi connectivity index (χ3v) is 4.15. The smallest absolute Gasteiger partial charge is 0.119 e.